The van der Waals surface area contributed by atoms with E-state index in [1.165, 1.54) is 53.0 Å². The summed E-state index contributed by atoms with van der Waals surface area (Å²) in [7, 11) is 0. The number of amides is 4. The number of rotatable bonds is 24. The number of nitrogens with one attached hydrogen (secondary N) is 8. The molecule has 9 aromatic rings. The van der Waals surface area contributed by atoms with E-state index < -0.39 is 5.60 Å². The number of carbonyl (C=O) groups is 4. The standard InChI is InChI=1S/C24H30ClN7OS.C23H29ClN8OS.C16H13Cl2N5OS.C12H25N3O2/c1-4-5-9-31-10-12-32(13-11-31)21-14-20(27-17(3)28-21)29-24-26-15-19(34-24)23(33)30-22-16(2)7-6-8-18(22)25;1-15-5-3-6-17(24)21(15)30-22(33)18-14-26-23(34-18)29-19-13-20(28-16(2)27-19)32-11-9-31(10-12-32)8-4-7-25;1-8-4-3-5-10(17)14(8)23-15(24)11-7-19-16(25-11)22-13-6-12(18)20-9(2)21-13;1-12(2,3)17-11(16)14-5-4-8-15-9-6-13-7-10-15/h6-8,14-15H,4-5,9-13H2,1-3H3,(H,30,33)(H,26,27,28,29);3,5-6,13-14H,4,7-12,25H2,1-2H3,(H,30,33)(H,26,27,28,29);3-7H,1-2H3,(H,23,24)(H,19,20,21,22);13H,4-10H2,1-3H3,(H,14,16). The summed E-state index contributed by atoms with van der Waals surface area (Å²) in [5.74, 6) is 4.75. The third-order valence-electron chi connectivity index (χ3n) is 17.2. The van der Waals surface area contributed by atoms with Gasteiger partial charge in [-0.1, -0.05) is 130 Å². The fourth-order valence-corrected chi connectivity index (χ4v) is 14.7. The number of aryl methyl sites for hydroxylation is 6. The van der Waals surface area contributed by atoms with Crippen LogP contribution in [0.25, 0.3) is 0 Å². The number of hydrogen-bond acceptors (Lipinski definition) is 27. The van der Waals surface area contributed by atoms with Gasteiger partial charge in [-0.25, -0.2) is 49.7 Å². The molecule has 0 bridgehead atoms. The van der Waals surface area contributed by atoms with Crippen LogP contribution in [0.1, 0.15) is 117 Å². The van der Waals surface area contributed by atoms with Crippen LogP contribution in [0.15, 0.2) is 91.4 Å². The SMILES string of the molecule is CC(C)(C)OC(=O)NCCCN1CCNCC1.CCCCN1CCN(c2cc(Nc3ncc(C(=O)Nc4c(C)cccc4Cl)s3)nc(C)n2)CC1.Cc1nc(Cl)cc(Nc2ncc(C(=O)Nc3c(C)cccc3Cl)s2)n1.Cc1nc(Nc2ncc(C(=O)Nc3c(C)cccc3Cl)s2)cc(N2CCN(CCCN)CC2)n1. The minimum Gasteiger partial charge on any atom is -0.444 e. The van der Waals surface area contributed by atoms with Crippen molar-refractivity contribution in [3.8, 4) is 0 Å². The van der Waals surface area contributed by atoms with Gasteiger partial charge in [0.15, 0.2) is 15.4 Å². The topological polar surface area (TPSA) is 332 Å². The van der Waals surface area contributed by atoms with Gasteiger partial charge in [-0.2, -0.15) is 0 Å². The predicted octanol–water partition coefficient (Wildman–Crippen LogP) is 14.5. The molecular weight excluding hydrogens is 1540 g/mol. The molecule has 3 saturated heterocycles. The lowest BCUT2D eigenvalue weighted by molar-refractivity contribution is 0.0524. The zero-order chi connectivity index (χ0) is 78.9. The Morgan fingerprint density at radius 3 is 1.25 bits per heavy atom. The summed E-state index contributed by atoms with van der Waals surface area (Å²) in [6.07, 6.45) is 8.73. The van der Waals surface area contributed by atoms with E-state index in [2.05, 4.69) is 119 Å². The number of nitrogens with zero attached hydrogens (tertiary/aromatic N) is 14. The summed E-state index contributed by atoms with van der Waals surface area (Å²) in [6.45, 7) is 35.8. The van der Waals surface area contributed by atoms with Crippen LogP contribution in [-0.2, 0) is 4.74 Å². The molecule has 0 unspecified atom stereocenters. The third-order valence-corrected chi connectivity index (χ3v) is 21.0. The van der Waals surface area contributed by atoms with Crippen molar-refractivity contribution in [2.45, 2.75) is 101 Å². The molecule has 10 N–H and O–H groups in total. The molecule has 28 nitrogen and oxygen atoms in total. The highest BCUT2D eigenvalue weighted by molar-refractivity contribution is 7.18. The maximum Gasteiger partial charge on any atom is 0.407 e. The van der Waals surface area contributed by atoms with Gasteiger partial charge in [-0.3, -0.25) is 24.2 Å². The van der Waals surface area contributed by atoms with Crippen LogP contribution < -0.4 is 58.1 Å². The highest BCUT2D eigenvalue weighted by atomic mass is 35.5. The Kier molecular flexibility index (Phi) is 32.8. The predicted molar refractivity (Wildman–Crippen MR) is 448 cm³/mol. The van der Waals surface area contributed by atoms with Crippen molar-refractivity contribution in [2.24, 2.45) is 5.73 Å². The van der Waals surface area contributed by atoms with Crippen LogP contribution in [0, 0.1) is 41.5 Å². The summed E-state index contributed by atoms with van der Waals surface area (Å²) < 4.78 is 5.16. The molecule has 35 heteroatoms. The quantitative estimate of drug-likeness (QED) is 0.0200. The van der Waals surface area contributed by atoms with E-state index in [1.807, 2.05) is 104 Å². The van der Waals surface area contributed by atoms with E-state index in [9.17, 15) is 19.2 Å². The molecule has 3 aliphatic rings. The fraction of sp³-hybridized carbons (Fsp3) is 0.427. The first-order valence-corrected chi connectivity index (χ1v) is 40.4. The van der Waals surface area contributed by atoms with Crippen molar-refractivity contribution in [3.63, 3.8) is 0 Å². The number of carbonyl (C=O) groups excluding carboxylic acids is 4. The molecule has 0 radical (unpaired) electrons. The van der Waals surface area contributed by atoms with Gasteiger partial charge >= 0.3 is 6.09 Å². The van der Waals surface area contributed by atoms with E-state index in [-0.39, 0.29) is 23.8 Å². The van der Waals surface area contributed by atoms with Crippen molar-refractivity contribution < 1.29 is 23.9 Å². The second-order valence-electron chi connectivity index (χ2n) is 27.1. The van der Waals surface area contributed by atoms with Gasteiger partial charge in [0.2, 0.25) is 0 Å². The van der Waals surface area contributed by atoms with Gasteiger partial charge in [0, 0.05) is 103 Å². The Bertz CT molecular complexity index is 4260. The van der Waals surface area contributed by atoms with Crippen LogP contribution in [0.4, 0.5) is 66.3 Å². The number of piperazine rings is 3. The number of unbranched alkanes of at least 4 members (excludes halogenated alkanes) is 1. The highest BCUT2D eigenvalue weighted by Gasteiger charge is 2.24. The monoisotopic (exact) mass is 1640 g/mol. The van der Waals surface area contributed by atoms with Gasteiger partial charge in [-0.15, -0.1) is 0 Å². The third kappa shape index (κ3) is 27.1. The molecule has 9 heterocycles. The molecule has 0 aliphatic carbocycles. The van der Waals surface area contributed by atoms with Gasteiger partial charge in [0.05, 0.1) is 50.7 Å². The number of aromatic nitrogens is 9. The maximum absolute atomic E-state index is 12.7. The fourth-order valence-electron chi connectivity index (χ4n) is 11.5. The molecule has 110 heavy (non-hydrogen) atoms. The molecule has 0 atom stereocenters. The summed E-state index contributed by atoms with van der Waals surface area (Å²) in [5.41, 5.74) is 9.71. The average molecular weight is 1640 g/mol. The van der Waals surface area contributed by atoms with Crippen molar-refractivity contribution in [1.82, 2.24) is 70.2 Å². The number of alkyl carbamates (subject to hydrolysis) is 1. The van der Waals surface area contributed by atoms with E-state index in [1.54, 1.807) is 43.6 Å². The zero-order valence-corrected chi connectivity index (χ0v) is 69.1. The van der Waals surface area contributed by atoms with Crippen LogP contribution in [0.5, 0.6) is 0 Å². The van der Waals surface area contributed by atoms with E-state index >= 15 is 0 Å². The normalized spacial score (nSPS) is 14.0. The molecule has 4 amide bonds. The molecule has 3 aliphatic heterocycles. The Morgan fingerprint density at radius 2 is 0.873 bits per heavy atom. The number of hydrogen-bond donors (Lipinski definition) is 9. The maximum atomic E-state index is 12.7. The molecule has 0 spiro atoms. The number of thiazole rings is 3. The molecular formula is C75H97Cl4N23O5S3. The Morgan fingerprint density at radius 1 is 0.500 bits per heavy atom. The summed E-state index contributed by atoms with van der Waals surface area (Å²) >= 11 is 28.2. The summed E-state index contributed by atoms with van der Waals surface area (Å²) in [5, 5.41) is 27.7. The van der Waals surface area contributed by atoms with Crippen LogP contribution >= 0.6 is 80.4 Å². The first-order chi connectivity index (χ1) is 52.7. The average Bonchev–Trinajstić information content (AvgIpc) is 1.55. The van der Waals surface area contributed by atoms with Gasteiger partial charge in [0.1, 0.15) is 71.9 Å². The number of halogens is 4. The summed E-state index contributed by atoms with van der Waals surface area (Å²) in [4.78, 5) is 102. The second kappa shape index (κ2) is 42.2. The number of benzene rings is 3. The molecule has 12 rings (SSSR count). The van der Waals surface area contributed by atoms with Crippen molar-refractivity contribution >= 4 is 166 Å². The molecule has 0 saturated carbocycles. The first-order valence-electron chi connectivity index (χ1n) is 36.4. The van der Waals surface area contributed by atoms with Crippen molar-refractivity contribution in [3.05, 3.63) is 160 Å². The minimum atomic E-state index is -0.414. The highest BCUT2D eigenvalue weighted by Crippen LogP contribution is 2.33. The first kappa shape index (κ1) is 85.4. The number of ether oxygens (including phenoxy) is 1. The van der Waals surface area contributed by atoms with Gasteiger partial charge in [-0.05, 0) is 143 Å². The van der Waals surface area contributed by atoms with E-state index in [4.69, 9.17) is 56.9 Å². The number of anilines is 11. The van der Waals surface area contributed by atoms with Crippen LogP contribution in [0.3, 0.4) is 0 Å². The number of para-hydroxylation sites is 3. The smallest absolute Gasteiger partial charge is 0.407 e. The van der Waals surface area contributed by atoms with Gasteiger partial charge in [0.25, 0.3) is 17.7 Å². The minimum absolute atomic E-state index is 0.248. The second-order valence-corrected chi connectivity index (χ2v) is 31.8. The molecule has 6 aromatic heterocycles. The van der Waals surface area contributed by atoms with Crippen LogP contribution in [-0.4, -0.2) is 200 Å². The lowest BCUT2D eigenvalue weighted by Gasteiger charge is -2.35. The van der Waals surface area contributed by atoms with Crippen molar-refractivity contribution in [1.29, 1.82) is 0 Å². The lowest BCUT2D eigenvalue weighted by Crippen LogP contribution is -2.47. The number of nitrogens with two attached hydrogens (primary N) is 1. The zero-order valence-electron chi connectivity index (χ0n) is 63.6. The largest absolute Gasteiger partial charge is 0.444 e. The Labute approximate surface area is 674 Å². The van der Waals surface area contributed by atoms with Crippen molar-refractivity contribution in [2.75, 3.05) is 153 Å². The molecule has 3 aromatic carbocycles. The molecule has 588 valence electrons. The van der Waals surface area contributed by atoms with Gasteiger partial charge < -0.3 is 67.7 Å². The Balaban J connectivity index is 0.000000174. The van der Waals surface area contributed by atoms with Crippen LogP contribution in [0.2, 0.25) is 20.2 Å². The van der Waals surface area contributed by atoms with E-state index in [0.717, 1.165) is 146 Å². The summed E-state index contributed by atoms with van der Waals surface area (Å²) in [6, 6.07) is 21.9. The van der Waals surface area contributed by atoms with E-state index in [0.29, 0.717) is 109 Å². The molecule has 3 fully saturated rings. The lowest BCUT2D eigenvalue weighted by atomic mass is 10.2. The Hall–Kier alpha value is -8.57.